The van der Waals surface area contributed by atoms with E-state index in [0.29, 0.717) is 5.75 Å². The van der Waals surface area contributed by atoms with Gasteiger partial charge in [0.25, 0.3) is 0 Å². The maximum absolute atomic E-state index is 11.8. The number of carbonyl (C=O) groups is 1. The van der Waals surface area contributed by atoms with E-state index in [2.05, 4.69) is 24.3 Å². The van der Waals surface area contributed by atoms with Crippen molar-refractivity contribution in [2.45, 2.75) is 65.2 Å². The molecule has 0 spiro atoms. The number of unbranched alkanes of at least 4 members (excludes halogenated alkanes) is 4. The normalized spacial score (nSPS) is 11.8. The van der Waals surface area contributed by atoms with Gasteiger partial charge in [0.15, 0.2) is 0 Å². The third-order valence-corrected chi connectivity index (χ3v) is 5.25. The van der Waals surface area contributed by atoms with Crippen LogP contribution in [-0.4, -0.2) is 13.1 Å². The Morgan fingerprint density at radius 2 is 1.25 bits per heavy atom. The SMILES string of the molecule is CCC(C)C(=O)Oc1ccc(CCCCCCCc2ccc(OC)cc2)cc1. The molecule has 0 aliphatic heterocycles. The molecular weight excluding hydrogens is 348 g/mol. The van der Waals surface area contributed by atoms with E-state index in [0.717, 1.165) is 25.0 Å². The van der Waals surface area contributed by atoms with Crippen molar-refractivity contribution in [3.05, 3.63) is 59.7 Å². The molecule has 3 heteroatoms. The largest absolute Gasteiger partial charge is 0.497 e. The Bertz CT molecular complexity index is 689. The first-order chi connectivity index (χ1) is 13.6. The molecule has 2 rings (SSSR count). The van der Waals surface area contributed by atoms with Crippen molar-refractivity contribution in [1.29, 1.82) is 0 Å². The molecule has 0 saturated heterocycles. The Hall–Kier alpha value is -2.29. The van der Waals surface area contributed by atoms with Gasteiger partial charge in [-0.2, -0.15) is 0 Å². The summed E-state index contributed by atoms with van der Waals surface area (Å²) in [6, 6.07) is 16.3. The molecule has 0 N–H and O–H groups in total. The zero-order chi connectivity index (χ0) is 20.2. The van der Waals surface area contributed by atoms with E-state index in [1.807, 2.05) is 38.1 Å². The molecular formula is C25H34O3. The predicted molar refractivity (Wildman–Crippen MR) is 115 cm³/mol. The summed E-state index contributed by atoms with van der Waals surface area (Å²) in [5.41, 5.74) is 2.69. The van der Waals surface area contributed by atoms with Crippen LogP contribution in [0, 0.1) is 5.92 Å². The molecule has 3 nitrogen and oxygen atoms in total. The molecule has 0 radical (unpaired) electrons. The van der Waals surface area contributed by atoms with Crippen LogP contribution in [0.4, 0.5) is 0 Å². The second-order valence-electron chi connectivity index (χ2n) is 7.49. The quantitative estimate of drug-likeness (QED) is 0.243. The number of methoxy groups -OCH3 is 1. The number of esters is 1. The number of aryl methyl sites for hydroxylation is 2. The Morgan fingerprint density at radius 1 is 0.786 bits per heavy atom. The minimum atomic E-state index is -0.148. The number of ether oxygens (including phenoxy) is 2. The summed E-state index contributed by atoms with van der Waals surface area (Å²) >= 11 is 0. The van der Waals surface area contributed by atoms with Crippen LogP contribution in [0.25, 0.3) is 0 Å². The highest BCUT2D eigenvalue weighted by molar-refractivity contribution is 5.74. The van der Waals surface area contributed by atoms with Gasteiger partial charge in [0.1, 0.15) is 11.5 Å². The van der Waals surface area contributed by atoms with Gasteiger partial charge in [-0.25, -0.2) is 0 Å². The zero-order valence-electron chi connectivity index (χ0n) is 17.6. The van der Waals surface area contributed by atoms with E-state index in [-0.39, 0.29) is 11.9 Å². The lowest BCUT2D eigenvalue weighted by Crippen LogP contribution is -2.16. The van der Waals surface area contributed by atoms with E-state index in [1.165, 1.54) is 43.2 Å². The minimum Gasteiger partial charge on any atom is -0.497 e. The van der Waals surface area contributed by atoms with E-state index < -0.39 is 0 Å². The molecule has 0 amide bonds. The molecule has 0 heterocycles. The Morgan fingerprint density at radius 3 is 1.71 bits per heavy atom. The van der Waals surface area contributed by atoms with Crippen molar-refractivity contribution >= 4 is 5.97 Å². The molecule has 0 aliphatic carbocycles. The van der Waals surface area contributed by atoms with Gasteiger partial charge in [0.2, 0.25) is 0 Å². The van der Waals surface area contributed by atoms with Gasteiger partial charge in [-0.05, 0) is 67.5 Å². The van der Waals surface area contributed by atoms with Crippen molar-refractivity contribution in [3.8, 4) is 11.5 Å². The second kappa shape index (κ2) is 12.2. The van der Waals surface area contributed by atoms with Crippen LogP contribution < -0.4 is 9.47 Å². The molecule has 0 fully saturated rings. The summed E-state index contributed by atoms with van der Waals surface area (Å²) in [4.78, 5) is 11.8. The molecule has 152 valence electrons. The fourth-order valence-electron chi connectivity index (χ4n) is 3.09. The second-order valence-corrected chi connectivity index (χ2v) is 7.49. The number of hydrogen-bond acceptors (Lipinski definition) is 3. The van der Waals surface area contributed by atoms with Gasteiger partial charge in [-0.15, -0.1) is 0 Å². The summed E-state index contributed by atoms with van der Waals surface area (Å²) in [6.45, 7) is 3.89. The summed E-state index contributed by atoms with van der Waals surface area (Å²) in [5.74, 6) is 1.37. The standard InChI is InChI=1S/C25H34O3/c1-4-20(2)25(26)28-24-18-14-22(15-19-24)11-9-7-5-6-8-10-21-12-16-23(27-3)17-13-21/h12-20H,4-11H2,1-3H3. The van der Waals surface area contributed by atoms with Crippen LogP contribution in [0.3, 0.4) is 0 Å². The van der Waals surface area contributed by atoms with E-state index in [9.17, 15) is 4.79 Å². The lowest BCUT2D eigenvalue weighted by molar-refractivity contribution is -0.138. The maximum atomic E-state index is 11.8. The summed E-state index contributed by atoms with van der Waals surface area (Å²) in [7, 11) is 1.70. The average molecular weight is 383 g/mol. The maximum Gasteiger partial charge on any atom is 0.314 e. The van der Waals surface area contributed by atoms with Gasteiger partial charge < -0.3 is 9.47 Å². The summed E-state index contributed by atoms with van der Waals surface area (Å²) in [5, 5.41) is 0. The summed E-state index contributed by atoms with van der Waals surface area (Å²) < 4.78 is 10.6. The molecule has 1 unspecified atom stereocenters. The number of carbonyl (C=O) groups excluding carboxylic acids is 1. The van der Waals surface area contributed by atoms with Gasteiger partial charge in [-0.3, -0.25) is 4.79 Å². The molecule has 2 aromatic carbocycles. The third kappa shape index (κ3) is 7.75. The molecule has 2 aromatic rings. The summed E-state index contributed by atoms with van der Waals surface area (Å²) in [6.07, 6.45) is 9.28. The molecule has 0 bridgehead atoms. The lowest BCUT2D eigenvalue weighted by Gasteiger charge is -2.09. The van der Waals surface area contributed by atoms with E-state index in [4.69, 9.17) is 9.47 Å². The van der Waals surface area contributed by atoms with Crippen LogP contribution in [0.1, 0.15) is 63.5 Å². The highest BCUT2D eigenvalue weighted by Crippen LogP contribution is 2.18. The Kier molecular flexibility index (Phi) is 9.61. The molecule has 0 aromatic heterocycles. The van der Waals surface area contributed by atoms with Crippen molar-refractivity contribution in [2.24, 2.45) is 5.92 Å². The first kappa shape index (κ1) is 22.0. The average Bonchev–Trinajstić information content (AvgIpc) is 2.74. The van der Waals surface area contributed by atoms with Crippen LogP contribution in [0.15, 0.2) is 48.5 Å². The molecule has 0 aliphatic rings. The van der Waals surface area contributed by atoms with Crippen LogP contribution in [0.5, 0.6) is 11.5 Å². The first-order valence-electron chi connectivity index (χ1n) is 10.6. The fourth-order valence-corrected chi connectivity index (χ4v) is 3.09. The topological polar surface area (TPSA) is 35.5 Å². The Balaban J connectivity index is 1.57. The third-order valence-electron chi connectivity index (χ3n) is 5.25. The zero-order valence-corrected chi connectivity index (χ0v) is 17.6. The molecule has 0 saturated carbocycles. The smallest absolute Gasteiger partial charge is 0.314 e. The minimum absolute atomic E-state index is 0.0515. The highest BCUT2D eigenvalue weighted by Gasteiger charge is 2.12. The van der Waals surface area contributed by atoms with Gasteiger partial charge in [0, 0.05) is 0 Å². The van der Waals surface area contributed by atoms with Crippen LogP contribution in [0.2, 0.25) is 0 Å². The number of benzene rings is 2. The van der Waals surface area contributed by atoms with Gasteiger partial charge in [-0.1, -0.05) is 57.4 Å². The van der Waals surface area contributed by atoms with Gasteiger partial charge in [0.05, 0.1) is 13.0 Å². The number of rotatable bonds is 12. The Labute approximate surface area is 170 Å². The van der Waals surface area contributed by atoms with Crippen molar-refractivity contribution in [1.82, 2.24) is 0 Å². The lowest BCUT2D eigenvalue weighted by atomic mass is 10.0. The van der Waals surface area contributed by atoms with E-state index in [1.54, 1.807) is 7.11 Å². The first-order valence-corrected chi connectivity index (χ1v) is 10.6. The van der Waals surface area contributed by atoms with Crippen LogP contribution >= 0.6 is 0 Å². The number of hydrogen-bond donors (Lipinski definition) is 0. The molecule has 1 atom stereocenters. The predicted octanol–water partition coefficient (Wildman–Crippen LogP) is 6.38. The van der Waals surface area contributed by atoms with Crippen molar-refractivity contribution < 1.29 is 14.3 Å². The van der Waals surface area contributed by atoms with Crippen LogP contribution in [-0.2, 0) is 17.6 Å². The van der Waals surface area contributed by atoms with Crippen molar-refractivity contribution in [2.75, 3.05) is 7.11 Å². The van der Waals surface area contributed by atoms with E-state index >= 15 is 0 Å². The van der Waals surface area contributed by atoms with Gasteiger partial charge >= 0.3 is 5.97 Å². The van der Waals surface area contributed by atoms with Crippen molar-refractivity contribution in [3.63, 3.8) is 0 Å². The fraction of sp³-hybridized carbons (Fsp3) is 0.480. The highest BCUT2D eigenvalue weighted by atomic mass is 16.5. The molecule has 28 heavy (non-hydrogen) atoms. The monoisotopic (exact) mass is 382 g/mol.